The van der Waals surface area contributed by atoms with Gasteiger partial charge in [-0.15, -0.1) is 0 Å². The lowest BCUT2D eigenvalue weighted by molar-refractivity contribution is 0.187. The minimum absolute atomic E-state index is 0.182. The summed E-state index contributed by atoms with van der Waals surface area (Å²) in [5, 5.41) is 6.61. The first kappa shape index (κ1) is 24.1. The monoisotopic (exact) mass is 491 g/mol. The summed E-state index contributed by atoms with van der Waals surface area (Å²) in [6.45, 7) is 3.17. The van der Waals surface area contributed by atoms with Gasteiger partial charge in [0.15, 0.2) is 22.8 Å². The molecule has 4 heterocycles. The third-order valence-electron chi connectivity index (χ3n) is 6.12. The lowest BCUT2D eigenvalue weighted by Crippen LogP contribution is -2.22. The van der Waals surface area contributed by atoms with E-state index in [2.05, 4.69) is 36.2 Å². The molecular weight excluding hydrogens is 461 g/mol. The third kappa shape index (κ3) is 5.44. The predicted octanol–water partition coefficient (Wildman–Crippen LogP) is 4.05. The minimum Gasteiger partial charge on any atom is -0.440 e. The number of nitrogens with one attached hydrogen (secondary N) is 2. The van der Waals surface area contributed by atoms with Crippen LogP contribution >= 0.6 is 0 Å². The minimum atomic E-state index is -0.182. The number of nitrogens with zero attached hydrogens (tertiary/aromatic N) is 5. The molecule has 1 aliphatic rings. The lowest BCUT2D eigenvalue weighted by Gasteiger charge is -2.10. The van der Waals surface area contributed by atoms with Gasteiger partial charge < -0.3 is 24.4 Å². The Kier molecular flexibility index (Phi) is 7.63. The smallest absolute Gasteiger partial charge is 0.196 e. The molecule has 0 fully saturated rings. The van der Waals surface area contributed by atoms with Crippen LogP contribution in [0.3, 0.4) is 0 Å². The van der Waals surface area contributed by atoms with E-state index in [-0.39, 0.29) is 12.4 Å². The number of pyridine rings is 1. The standard InChI is InChI=1S/C26H30FN7O2/c1-35-16-15-34-21-7-3-2-6-19(21)32-23(34)9-12-28-13-10-24-33-25-22(36-24)8-14-30-26(25)31-17-20-18(27)5-4-11-29-20/h2-3,6-8,11,14,28H,4-5,9-10,12-13,15-17H2,1H3,(H,30,31). The van der Waals surface area contributed by atoms with E-state index in [4.69, 9.17) is 14.1 Å². The van der Waals surface area contributed by atoms with Gasteiger partial charge in [0.25, 0.3) is 0 Å². The zero-order chi connectivity index (χ0) is 24.7. The average Bonchev–Trinajstić information content (AvgIpc) is 3.48. The fourth-order valence-electron chi connectivity index (χ4n) is 4.30. The molecule has 0 amide bonds. The maximum absolute atomic E-state index is 14.0. The second kappa shape index (κ2) is 11.4. The van der Waals surface area contributed by atoms with Crippen LogP contribution in [-0.2, 0) is 24.1 Å². The van der Waals surface area contributed by atoms with Crippen LogP contribution in [-0.4, -0.2) is 59.1 Å². The molecule has 9 nitrogen and oxygen atoms in total. The summed E-state index contributed by atoms with van der Waals surface area (Å²) in [5.74, 6) is 2.05. The van der Waals surface area contributed by atoms with Crippen molar-refractivity contribution in [2.24, 2.45) is 4.99 Å². The zero-order valence-electron chi connectivity index (χ0n) is 20.3. The Morgan fingerprint density at radius 3 is 2.92 bits per heavy atom. The lowest BCUT2D eigenvalue weighted by atomic mass is 10.2. The Labute approximate surface area is 208 Å². The number of hydrogen-bond donors (Lipinski definition) is 2. The van der Waals surface area contributed by atoms with E-state index in [1.807, 2.05) is 18.2 Å². The molecule has 4 aromatic rings. The van der Waals surface area contributed by atoms with Crippen LogP contribution in [0, 0.1) is 0 Å². The normalized spacial score (nSPS) is 13.8. The van der Waals surface area contributed by atoms with Crippen LogP contribution in [0.4, 0.5) is 10.2 Å². The van der Waals surface area contributed by atoms with E-state index in [1.165, 1.54) is 0 Å². The van der Waals surface area contributed by atoms with Gasteiger partial charge in [-0.1, -0.05) is 12.1 Å². The zero-order valence-corrected chi connectivity index (χ0v) is 20.3. The molecule has 2 N–H and O–H groups in total. The largest absolute Gasteiger partial charge is 0.440 e. The number of hydrogen-bond acceptors (Lipinski definition) is 8. The van der Waals surface area contributed by atoms with Crippen molar-refractivity contribution in [3.8, 4) is 0 Å². The van der Waals surface area contributed by atoms with E-state index < -0.39 is 0 Å². The quantitative estimate of drug-likeness (QED) is 0.288. The van der Waals surface area contributed by atoms with Gasteiger partial charge in [-0.25, -0.2) is 19.3 Å². The predicted molar refractivity (Wildman–Crippen MR) is 138 cm³/mol. The molecule has 1 aliphatic heterocycles. The number of rotatable bonds is 12. The van der Waals surface area contributed by atoms with Crippen LogP contribution in [0.1, 0.15) is 24.6 Å². The first-order valence-electron chi connectivity index (χ1n) is 12.2. The number of aromatic nitrogens is 4. The highest BCUT2D eigenvalue weighted by molar-refractivity contribution is 5.84. The molecular formula is C26H30FN7O2. The number of allylic oxidation sites excluding steroid dienone is 1. The number of para-hydroxylation sites is 2. The van der Waals surface area contributed by atoms with Crippen molar-refractivity contribution in [1.82, 2.24) is 24.8 Å². The van der Waals surface area contributed by atoms with E-state index in [9.17, 15) is 4.39 Å². The number of ether oxygens (including phenoxy) is 1. The number of aliphatic imine (C=N–C) groups is 1. The van der Waals surface area contributed by atoms with Crippen LogP contribution in [0.2, 0.25) is 0 Å². The van der Waals surface area contributed by atoms with Crippen molar-refractivity contribution in [2.75, 3.05) is 38.7 Å². The third-order valence-corrected chi connectivity index (χ3v) is 6.12. The first-order chi connectivity index (χ1) is 17.7. The Morgan fingerprint density at radius 1 is 1.14 bits per heavy atom. The van der Waals surface area contributed by atoms with Gasteiger partial charge in [0.1, 0.15) is 11.7 Å². The maximum Gasteiger partial charge on any atom is 0.196 e. The Balaban J connectivity index is 1.16. The Hall–Kier alpha value is -3.63. The molecule has 36 heavy (non-hydrogen) atoms. The summed E-state index contributed by atoms with van der Waals surface area (Å²) < 4.78 is 27.4. The van der Waals surface area contributed by atoms with Crippen molar-refractivity contribution in [1.29, 1.82) is 0 Å². The van der Waals surface area contributed by atoms with Gasteiger partial charge in [0, 0.05) is 64.5 Å². The highest BCUT2D eigenvalue weighted by Crippen LogP contribution is 2.23. The maximum atomic E-state index is 14.0. The molecule has 1 aromatic carbocycles. The number of halogens is 1. The first-order valence-corrected chi connectivity index (χ1v) is 12.2. The Morgan fingerprint density at radius 2 is 2.03 bits per heavy atom. The number of fused-ring (bicyclic) bond motifs is 2. The van der Waals surface area contributed by atoms with Gasteiger partial charge in [-0.05, 0) is 18.6 Å². The van der Waals surface area contributed by atoms with Crippen molar-refractivity contribution < 1.29 is 13.5 Å². The van der Waals surface area contributed by atoms with Gasteiger partial charge in [0.05, 0.1) is 29.9 Å². The molecule has 0 atom stereocenters. The van der Waals surface area contributed by atoms with Crippen molar-refractivity contribution in [2.45, 2.75) is 32.2 Å². The van der Waals surface area contributed by atoms with Gasteiger partial charge in [-0.2, -0.15) is 0 Å². The topological polar surface area (TPSA) is 102 Å². The van der Waals surface area contributed by atoms with Gasteiger partial charge in [-0.3, -0.25) is 4.99 Å². The molecule has 0 unspecified atom stereocenters. The van der Waals surface area contributed by atoms with Gasteiger partial charge in [0.2, 0.25) is 0 Å². The summed E-state index contributed by atoms with van der Waals surface area (Å²) in [6.07, 6.45) is 5.87. The summed E-state index contributed by atoms with van der Waals surface area (Å²) >= 11 is 0. The van der Waals surface area contributed by atoms with Crippen molar-refractivity contribution in [3.63, 3.8) is 0 Å². The van der Waals surface area contributed by atoms with Crippen molar-refractivity contribution >= 4 is 34.2 Å². The second-order valence-electron chi connectivity index (χ2n) is 8.58. The van der Waals surface area contributed by atoms with Crippen LogP contribution in [0.5, 0.6) is 0 Å². The number of anilines is 1. The fraction of sp³-hybridized carbons (Fsp3) is 0.385. The summed E-state index contributed by atoms with van der Waals surface area (Å²) in [7, 11) is 1.71. The fourth-order valence-corrected chi connectivity index (χ4v) is 4.30. The van der Waals surface area contributed by atoms with Crippen LogP contribution < -0.4 is 10.6 Å². The van der Waals surface area contributed by atoms with E-state index in [0.29, 0.717) is 60.9 Å². The molecule has 0 radical (unpaired) electrons. The van der Waals surface area contributed by atoms with E-state index >= 15 is 0 Å². The average molecular weight is 492 g/mol. The molecule has 0 saturated carbocycles. The molecule has 0 spiro atoms. The summed E-state index contributed by atoms with van der Waals surface area (Å²) in [4.78, 5) is 17.9. The second-order valence-corrected chi connectivity index (χ2v) is 8.58. The highest BCUT2D eigenvalue weighted by Gasteiger charge is 2.14. The molecule has 0 saturated heterocycles. The van der Waals surface area contributed by atoms with Crippen LogP contribution in [0.15, 0.2) is 57.5 Å². The SMILES string of the molecule is COCCn1c(CCNCCc2nc3c(NCC4=C(F)CCC=N4)nccc3o2)nc2ccccc21. The number of methoxy groups -OCH3 is 1. The van der Waals surface area contributed by atoms with Gasteiger partial charge >= 0.3 is 0 Å². The molecule has 3 aromatic heterocycles. The molecule has 5 rings (SSSR count). The molecule has 0 aliphatic carbocycles. The number of benzene rings is 1. The van der Waals surface area contributed by atoms with Crippen LogP contribution in [0.25, 0.3) is 22.1 Å². The summed E-state index contributed by atoms with van der Waals surface area (Å²) in [6, 6.07) is 9.96. The molecule has 0 bridgehead atoms. The van der Waals surface area contributed by atoms with Crippen molar-refractivity contribution in [3.05, 3.63) is 59.8 Å². The Bertz CT molecular complexity index is 1390. The number of imidazole rings is 1. The van der Waals surface area contributed by atoms with E-state index in [1.54, 1.807) is 25.6 Å². The van der Waals surface area contributed by atoms with E-state index in [0.717, 1.165) is 36.4 Å². The number of oxazole rings is 1. The highest BCUT2D eigenvalue weighted by atomic mass is 19.1. The molecule has 188 valence electrons. The molecule has 10 heteroatoms. The summed E-state index contributed by atoms with van der Waals surface area (Å²) in [5.41, 5.74) is 3.82.